The van der Waals surface area contributed by atoms with Crippen molar-refractivity contribution in [3.63, 3.8) is 0 Å². The molecule has 0 unspecified atom stereocenters. The molecule has 0 radical (unpaired) electrons. The van der Waals surface area contributed by atoms with Crippen LogP contribution in [0.3, 0.4) is 0 Å². The fraction of sp³-hybridized carbons (Fsp3) is 0.118. The lowest BCUT2D eigenvalue weighted by Crippen LogP contribution is -2.02. The number of benzene rings is 2. The van der Waals surface area contributed by atoms with Gasteiger partial charge in [0.2, 0.25) is 0 Å². The summed E-state index contributed by atoms with van der Waals surface area (Å²) >= 11 is 0. The standard InChI is InChI=1S/C17H15N3O2/c1-2-12-6-8-13(9-7-12)16-11-18-19-20(16)15-5-3-4-14(10-15)17(21)22/h3-11H,2H2,1H3,(H,21,22). The Morgan fingerprint density at radius 3 is 2.64 bits per heavy atom. The molecule has 0 amide bonds. The first-order valence-electron chi connectivity index (χ1n) is 7.03. The molecule has 3 rings (SSSR count). The van der Waals surface area contributed by atoms with Gasteiger partial charge in [-0.05, 0) is 30.2 Å². The molecule has 0 saturated heterocycles. The van der Waals surface area contributed by atoms with Gasteiger partial charge in [-0.3, -0.25) is 0 Å². The van der Waals surface area contributed by atoms with Crippen molar-refractivity contribution in [3.05, 3.63) is 65.9 Å². The quantitative estimate of drug-likeness (QED) is 0.802. The second kappa shape index (κ2) is 5.81. The van der Waals surface area contributed by atoms with Crippen molar-refractivity contribution < 1.29 is 9.90 Å². The minimum Gasteiger partial charge on any atom is -0.478 e. The van der Waals surface area contributed by atoms with Gasteiger partial charge in [0.15, 0.2) is 0 Å². The summed E-state index contributed by atoms with van der Waals surface area (Å²) in [6, 6.07) is 14.8. The van der Waals surface area contributed by atoms with E-state index in [1.54, 1.807) is 29.1 Å². The molecule has 110 valence electrons. The maximum atomic E-state index is 11.1. The van der Waals surface area contributed by atoms with E-state index in [0.717, 1.165) is 17.7 Å². The number of rotatable bonds is 4. The molecule has 3 aromatic rings. The third kappa shape index (κ3) is 2.61. The first-order valence-corrected chi connectivity index (χ1v) is 7.03. The molecule has 1 aromatic heterocycles. The van der Waals surface area contributed by atoms with Crippen molar-refractivity contribution in [2.24, 2.45) is 0 Å². The Bertz CT molecular complexity index is 807. The predicted octanol–water partition coefficient (Wildman–Crippen LogP) is 3.19. The number of aromatic nitrogens is 3. The summed E-state index contributed by atoms with van der Waals surface area (Å²) in [5.74, 6) is -0.962. The van der Waals surface area contributed by atoms with Crippen LogP contribution in [0.5, 0.6) is 0 Å². The lowest BCUT2D eigenvalue weighted by atomic mass is 10.1. The highest BCUT2D eigenvalue weighted by atomic mass is 16.4. The van der Waals surface area contributed by atoms with Gasteiger partial charge in [-0.25, -0.2) is 9.48 Å². The molecule has 0 aliphatic heterocycles. The highest BCUT2D eigenvalue weighted by Crippen LogP contribution is 2.22. The van der Waals surface area contributed by atoms with Crippen molar-refractivity contribution in [1.82, 2.24) is 15.0 Å². The van der Waals surface area contributed by atoms with Gasteiger partial charge in [-0.15, -0.1) is 5.10 Å². The normalized spacial score (nSPS) is 10.6. The van der Waals surface area contributed by atoms with Crippen molar-refractivity contribution in [1.29, 1.82) is 0 Å². The summed E-state index contributed by atoms with van der Waals surface area (Å²) in [6.45, 7) is 2.11. The van der Waals surface area contributed by atoms with Crippen molar-refractivity contribution in [3.8, 4) is 16.9 Å². The number of carbonyl (C=O) groups is 1. The summed E-state index contributed by atoms with van der Waals surface area (Å²) in [5.41, 5.74) is 3.97. The van der Waals surface area contributed by atoms with Crippen LogP contribution in [0.15, 0.2) is 54.7 Å². The third-order valence-electron chi connectivity index (χ3n) is 3.54. The summed E-state index contributed by atoms with van der Waals surface area (Å²) in [5, 5.41) is 17.1. The molecule has 22 heavy (non-hydrogen) atoms. The SMILES string of the molecule is CCc1ccc(-c2cnnn2-c2cccc(C(=O)O)c2)cc1. The Morgan fingerprint density at radius 1 is 1.18 bits per heavy atom. The van der Waals surface area contributed by atoms with Crippen LogP contribution in [0.4, 0.5) is 0 Å². The Labute approximate surface area is 127 Å². The van der Waals surface area contributed by atoms with E-state index in [2.05, 4.69) is 29.4 Å². The van der Waals surface area contributed by atoms with Crippen LogP contribution >= 0.6 is 0 Å². The molecule has 0 saturated carbocycles. The summed E-state index contributed by atoms with van der Waals surface area (Å²) < 4.78 is 1.65. The Hall–Kier alpha value is -2.95. The molecule has 0 spiro atoms. The zero-order chi connectivity index (χ0) is 15.5. The van der Waals surface area contributed by atoms with Gasteiger partial charge >= 0.3 is 5.97 Å². The molecule has 0 fully saturated rings. The van der Waals surface area contributed by atoms with Crippen LogP contribution in [0.1, 0.15) is 22.8 Å². The largest absolute Gasteiger partial charge is 0.478 e. The molecule has 2 aromatic carbocycles. The lowest BCUT2D eigenvalue weighted by Gasteiger charge is -2.07. The van der Waals surface area contributed by atoms with Crippen LogP contribution in [-0.4, -0.2) is 26.1 Å². The van der Waals surface area contributed by atoms with Crippen LogP contribution in [0, 0.1) is 0 Å². The van der Waals surface area contributed by atoms with E-state index in [9.17, 15) is 4.79 Å². The fourth-order valence-electron chi connectivity index (χ4n) is 2.30. The summed E-state index contributed by atoms with van der Waals surface area (Å²) in [4.78, 5) is 11.1. The average molecular weight is 293 g/mol. The first kappa shape index (κ1) is 14.0. The number of aromatic carboxylic acids is 1. The molecule has 5 nitrogen and oxygen atoms in total. The van der Waals surface area contributed by atoms with E-state index in [1.807, 2.05) is 18.2 Å². The Kier molecular flexibility index (Phi) is 3.70. The van der Waals surface area contributed by atoms with E-state index in [-0.39, 0.29) is 5.56 Å². The molecule has 1 N–H and O–H groups in total. The van der Waals surface area contributed by atoms with Crippen molar-refractivity contribution >= 4 is 5.97 Å². The van der Waals surface area contributed by atoms with Crippen molar-refractivity contribution in [2.75, 3.05) is 0 Å². The number of carboxylic acid groups (broad SMARTS) is 1. The van der Waals surface area contributed by atoms with E-state index in [1.165, 1.54) is 5.56 Å². The fourth-order valence-corrected chi connectivity index (χ4v) is 2.30. The number of hydrogen-bond donors (Lipinski definition) is 1. The van der Waals surface area contributed by atoms with Crippen LogP contribution in [0.25, 0.3) is 16.9 Å². The van der Waals surface area contributed by atoms with Crippen LogP contribution < -0.4 is 0 Å². The van der Waals surface area contributed by atoms with E-state index >= 15 is 0 Å². The topological polar surface area (TPSA) is 68.0 Å². The second-order valence-corrected chi connectivity index (χ2v) is 4.94. The van der Waals surface area contributed by atoms with Gasteiger partial charge in [-0.2, -0.15) is 0 Å². The molecule has 0 bridgehead atoms. The van der Waals surface area contributed by atoms with Gasteiger partial charge in [0, 0.05) is 5.56 Å². The zero-order valence-corrected chi connectivity index (χ0v) is 12.1. The van der Waals surface area contributed by atoms with E-state index in [0.29, 0.717) is 5.69 Å². The molecule has 0 aliphatic carbocycles. The van der Waals surface area contributed by atoms with Crippen LogP contribution in [-0.2, 0) is 6.42 Å². The molecular weight excluding hydrogens is 278 g/mol. The predicted molar refractivity (Wildman–Crippen MR) is 83.1 cm³/mol. The number of aryl methyl sites for hydroxylation is 1. The lowest BCUT2D eigenvalue weighted by molar-refractivity contribution is 0.0697. The number of hydrogen-bond acceptors (Lipinski definition) is 3. The zero-order valence-electron chi connectivity index (χ0n) is 12.1. The maximum Gasteiger partial charge on any atom is 0.335 e. The van der Waals surface area contributed by atoms with Gasteiger partial charge in [0.1, 0.15) is 0 Å². The second-order valence-electron chi connectivity index (χ2n) is 4.94. The minimum atomic E-state index is -0.962. The summed E-state index contributed by atoms with van der Waals surface area (Å²) in [6.07, 6.45) is 2.66. The van der Waals surface area contributed by atoms with Crippen molar-refractivity contribution in [2.45, 2.75) is 13.3 Å². The molecule has 0 atom stereocenters. The Balaban J connectivity index is 2.04. The molecule has 5 heteroatoms. The monoisotopic (exact) mass is 293 g/mol. The molecule has 0 aliphatic rings. The van der Waals surface area contributed by atoms with Crippen LogP contribution in [0.2, 0.25) is 0 Å². The van der Waals surface area contributed by atoms with Gasteiger partial charge in [0.05, 0.1) is 23.1 Å². The highest BCUT2D eigenvalue weighted by Gasteiger charge is 2.11. The molecular formula is C17H15N3O2. The number of carboxylic acids is 1. The van der Waals surface area contributed by atoms with E-state index in [4.69, 9.17) is 5.11 Å². The minimum absolute atomic E-state index is 0.222. The third-order valence-corrected chi connectivity index (χ3v) is 3.54. The Morgan fingerprint density at radius 2 is 1.95 bits per heavy atom. The smallest absolute Gasteiger partial charge is 0.335 e. The van der Waals surface area contributed by atoms with Gasteiger partial charge < -0.3 is 5.11 Å². The average Bonchev–Trinajstić information content (AvgIpc) is 3.04. The van der Waals surface area contributed by atoms with Gasteiger partial charge in [-0.1, -0.05) is 42.5 Å². The van der Waals surface area contributed by atoms with E-state index < -0.39 is 5.97 Å². The summed E-state index contributed by atoms with van der Waals surface area (Å²) in [7, 11) is 0. The highest BCUT2D eigenvalue weighted by molar-refractivity contribution is 5.88. The maximum absolute atomic E-state index is 11.1. The number of nitrogens with zero attached hydrogens (tertiary/aromatic N) is 3. The first-order chi connectivity index (χ1) is 10.7. The van der Waals surface area contributed by atoms with Gasteiger partial charge in [0.25, 0.3) is 0 Å². The molecule has 1 heterocycles.